The average Bonchev–Trinajstić information content (AvgIpc) is 2.03. The highest BCUT2D eigenvalue weighted by Crippen LogP contribution is 2.10. The van der Waals surface area contributed by atoms with Crippen molar-refractivity contribution >= 4 is 6.09 Å². The summed E-state index contributed by atoms with van der Waals surface area (Å²) in [5.41, 5.74) is 4.43. The van der Waals surface area contributed by atoms with Crippen LogP contribution in [0.15, 0.2) is 12.1 Å². The standard InChI is InChI=1S/C7H4FN3O2/c8-6-4(3-9)1-2-5(11-6)13-7(10)12/h1-2H,(H2,10,12). The molecular formula is C7H4FN3O2. The molecule has 0 saturated heterocycles. The molecule has 0 aromatic carbocycles. The van der Waals surface area contributed by atoms with Gasteiger partial charge in [-0.05, 0) is 6.07 Å². The van der Waals surface area contributed by atoms with Crippen molar-refractivity contribution in [2.24, 2.45) is 5.73 Å². The lowest BCUT2D eigenvalue weighted by molar-refractivity contribution is 0.208. The summed E-state index contributed by atoms with van der Waals surface area (Å²) in [4.78, 5) is 13.4. The molecule has 0 bridgehead atoms. The number of primary amides is 1. The molecule has 0 aliphatic carbocycles. The zero-order valence-corrected chi connectivity index (χ0v) is 6.32. The number of hydrogen-bond donors (Lipinski definition) is 1. The maximum atomic E-state index is 12.7. The van der Waals surface area contributed by atoms with Gasteiger partial charge in [-0.3, -0.25) is 0 Å². The smallest absolute Gasteiger partial charge is 0.391 e. The molecule has 1 heterocycles. The van der Waals surface area contributed by atoms with E-state index >= 15 is 0 Å². The summed E-state index contributed by atoms with van der Waals surface area (Å²) < 4.78 is 17.0. The molecule has 0 spiro atoms. The van der Waals surface area contributed by atoms with E-state index in [1.165, 1.54) is 6.07 Å². The molecule has 1 amide bonds. The van der Waals surface area contributed by atoms with E-state index in [-0.39, 0.29) is 11.4 Å². The van der Waals surface area contributed by atoms with Gasteiger partial charge in [-0.25, -0.2) is 4.79 Å². The zero-order chi connectivity index (χ0) is 9.84. The van der Waals surface area contributed by atoms with Crippen molar-refractivity contribution in [2.75, 3.05) is 0 Å². The van der Waals surface area contributed by atoms with E-state index in [1.807, 2.05) is 0 Å². The van der Waals surface area contributed by atoms with E-state index in [0.717, 1.165) is 6.07 Å². The molecule has 5 nitrogen and oxygen atoms in total. The van der Waals surface area contributed by atoms with Crippen molar-refractivity contribution < 1.29 is 13.9 Å². The van der Waals surface area contributed by atoms with Gasteiger partial charge in [-0.1, -0.05) is 0 Å². The highest BCUT2D eigenvalue weighted by Gasteiger charge is 2.06. The number of rotatable bonds is 1. The Morgan fingerprint density at radius 2 is 2.38 bits per heavy atom. The van der Waals surface area contributed by atoms with Crippen LogP contribution in [-0.2, 0) is 0 Å². The Morgan fingerprint density at radius 1 is 1.69 bits per heavy atom. The molecular weight excluding hydrogens is 177 g/mol. The Kier molecular flexibility index (Phi) is 2.40. The number of aromatic nitrogens is 1. The molecule has 0 radical (unpaired) electrons. The Hall–Kier alpha value is -2.16. The fraction of sp³-hybridized carbons (Fsp3) is 0. The molecule has 0 aliphatic rings. The number of halogens is 1. The highest BCUT2D eigenvalue weighted by atomic mass is 19.1. The Balaban J connectivity index is 2.97. The molecule has 1 rings (SSSR count). The van der Waals surface area contributed by atoms with Crippen LogP contribution < -0.4 is 10.5 Å². The second kappa shape index (κ2) is 3.49. The highest BCUT2D eigenvalue weighted by molar-refractivity contribution is 5.67. The summed E-state index contributed by atoms with van der Waals surface area (Å²) in [6.07, 6.45) is -1.09. The molecule has 0 atom stereocenters. The third-order valence-electron chi connectivity index (χ3n) is 1.15. The first-order valence-electron chi connectivity index (χ1n) is 3.17. The number of nitrogens with two attached hydrogens (primary N) is 1. The first-order valence-corrected chi connectivity index (χ1v) is 3.17. The van der Waals surface area contributed by atoms with Gasteiger partial charge in [0.1, 0.15) is 11.6 Å². The molecule has 0 unspecified atom stereocenters. The molecule has 6 heteroatoms. The second-order valence-electron chi connectivity index (χ2n) is 2.02. The molecule has 13 heavy (non-hydrogen) atoms. The van der Waals surface area contributed by atoms with Crippen LogP contribution in [-0.4, -0.2) is 11.1 Å². The Bertz CT molecular complexity index is 386. The van der Waals surface area contributed by atoms with Crippen molar-refractivity contribution in [3.63, 3.8) is 0 Å². The molecule has 1 aromatic rings. The van der Waals surface area contributed by atoms with E-state index in [0.29, 0.717) is 0 Å². The summed E-state index contributed by atoms with van der Waals surface area (Å²) in [5.74, 6) is -1.27. The van der Waals surface area contributed by atoms with Gasteiger partial charge in [-0.15, -0.1) is 0 Å². The maximum absolute atomic E-state index is 12.7. The number of nitrogens with zero attached hydrogens (tertiary/aromatic N) is 2. The number of carbonyl (C=O) groups excluding carboxylic acids is 1. The second-order valence-corrected chi connectivity index (χ2v) is 2.02. The predicted molar refractivity (Wildman–Crippen MR) is 39.1 cm³/mol. The lowest BCUT2D eigenvalue weighted by Gasteiger charge is -1.98. The minimum absolute atomic E-state index is 0.225. The van der Waals surface area contributed by atoms with E-state index in [1.54, 1.807) is 6.07 Å². The monoisotopic (exact) mass is 181 g/mol. The van der Waals surface area contributed by atoms with Crippen molar-refractivity contribution in [3.8, 4) is 11.9 Å². The minimum Gasteiger partial charge on any atom is -0.391 e. The SMILES string of the molecule is N#Cc1ccc(OC(N)=O)nc1F. The first kappa shape index (κ1) is 8.93. The normalized spacial score (nSPS) is 8.92. The first-order chi connectivity index (χ1) is 6.13. The third-order valence-corrected chi connectivity index (χ3v) is 1.15. The van der Waals surface area contributed by atoms with Gasteiger partial charge in [-0.2, -0.15) is 14.6 Å². The number of ether oxygens (including phenoxy) is 1. The van der Waals surface area contributed by atoms with Crippen LogP contribution in [0.2, 0.25) is 0 Å². The maximum Gasteiger partial charge on any atom is 0.411 e. The zero-order valence-electron chi connectivity index (χ0n) is 6.32. The molecule has 0 saturated carbocycles. The fourth-order valence-electron chi connectivity index (χ4n) is 0.661. The Morgan fingerprint density at radius 3 is 2.85 bits per heavy atom. The number of pyridine rings is 1. The summed E-state index contributed by atoms with van der Waals surface area (Å²) in [6.45, 7) is 0. The third kappa shape index (κ3) is 2.13. The predicted octanol–water partition coefficient (Wildman–Crippen LogP) is 0.550. The average molecular weight is 181 g/mol. The van der Waals surface area contributed by atoms with Gasteiger partial charge < -0.3 is 10.5 Å². The van der Waals surface area contributed by atoms with Gasteiger partial charge in [0.05, 0.1) is 0 Å². The fourth-order valence-corrected chi connectivity index (χ4v) is 0.661. The van der Waals surface area contributed by atoms with Crippen LogP contribution in [0.3, 0.4) is 0 Å². The van der Waals surface area contributed by atoms with Gasteiger partial charge in [0, 0.05) is 6.07 Å². The van der Waals surface area contributed by atoms with Crippen LogP contribution >= 0.6 is 0 Å². The van der Waals surface area contributed by atoms with E-state index < -0.39 is 12.0 Å². The number of carbonyl (C=O) groups is 1. The summed E-state index contributed by atoms with van der Waals surface area (Å²) in [5, 5.41) is 8.33. The van der Waals surface area contributed by atoms with Crippen molar-refractivity contribution in [1.29, 1.82) is 5.26 Å². The van der Waals surface area contributed by atoms with Crippen LogP contribution in [0.25, 0.3) is 0 Å². The van der Waals surface area contributed by atoms with Crippen LogP contribution in [0.4, 0.5) is 9.18 Å². The minimum atomic E-state index is -1.09. The van der Waals surface area contributed by atoms with Crippen molar-refractivity contribution in [1.82, 2.24) is 4.98 Å². The lowest BCUT2D eigenvalue weighted by atomic mass is 10.3. The molecule has 0 fully saturated rings. The van der Waals surface area contributed by atoms with Crippen LogP contribution in [0.5, 0.6) is 5.88 Å². The summed E-state index contributed by atoms with van der Waals surface area (Å²) in [6, 6.07) is 3.88. The summed E-state index contributed by atoms with van der Waals surface area (Å²) >= 11 is 0. The van der Waals surface area contributed by atoms with Crippen LogP contribution in [0, 0.1) is 17.3 Å². The number of hydrogen-bond acceptors (Lipinski definition) is 4. The number of nitriles is 1. The van der Waals surface area contributed by atoms with E-state index in [4.69, 9.17) is 5.26 Å². The molecule has 1 aromatic heterocycles. The Labute approximate surface area is 72.6 Å². The van der Waals surface area contributed by atoms with E-state index in [9.17, 15) is 9.18 Å². The summed E-state index contributed by atoms with van der Waals surface area (Å²) in [7, 11) is 0. The largest absolute Gasteiger partial charge is 0.411 e. The topological polar surface area (TPSA) is 89.0 Å². The van der Waals surface area contributed by atoms with Gasteiger partial charge >= 0.3 is 6.09 Å². The van der Waals surface area contributed by atoms with Crippen molar-refractivity contribution in [3.05, 3.63) is 23.6 Å². The van der Waals surface area contributed by atoms with Crippen molar-refractivity contribution in [2.45, 2.75) is 0 Å². The molecule has 2 N–H and O–H groups in total. The van der Waals surface area contributed by atoms with Gasteiger partial charge in [0.2, 0.25) is 11.8 Å². The van der Waals surface area contributed by atoms with Gasteiger partial charge in [0.15, 0.2) is 0 Å². The number of amides is 1. The van der Waals surface area contributed by atoms with Crippen LogP contribution in [0.1, 0.15) is 5.56 Å². The molecule has 66 valence electrons. The lowest BCUT2D eigenvalue weighted by Crippen LogP contribution is -2.17. The molecule has 0 aliphatic heterocycles. The quantitative estimate of drug-likeness (QED) is 0.640. The van der Waals surface area contributed by atoms with E-state index in [2.05, 4.69) is 15.5 Å². The van der Waals surface area contributed by atoms with Gasteiger partial charge in [0.25, 0.3) is 0 Å².